The fourth-order valence-corrected chi connectivity index (χ4v) is 4.55. The molecule has 0 fully saturated rings. The van der Waals surface area contributed by atoms with Crippen molar-refractivity contribution < 1.29 is 17.6 Å². The summed E-state index contributed by atoms with van der Waals surface area (Å²) < 4.78 is 40.7. The Morgan fingerprint density at radius 2 is 1.63 bits per heavy atom. The van der Waals surface area contributed by atoms with Gasteiger partial charge in [0.25, 0.3) is 0 Å². The monoisotopic (exact) mass is 392 g/mol. The van der Waals surface area contributed by atoms with Crippen molar-refractivity contribution in [3.05, 3.63) is 58.4 Å². The zero-order valence-corrected chi connectivity index (χ0v) is 17.1. The molecule has 2 rings (SSSR count). The summed E-state index contributed by atoms with van der Waals surface area (Å²) >= 11 is 0. The number of anilines is 1. The van der Waals surface area contributed by atoms with Gasteiger partial charge in [-0.1, -0.05) is 17.7 Å². The number of rotatable bonds is 6. The summed E-state index contributed by atoms with van der Waals surface area (Å²) in [5.41, 5.74) is 4.14. The van der Waals surface area contributed by atoms with E-state index in [0.717, 1.165) is 28.4 Å². The van der Waals surface area contributed by atoms with Gasteiger partial charge in [0.2, 0.25) is 15.9 Å². The van der Waals surface area contributed by atoms with Crippen LogP contribution in [0.2, 0.25) is 0 Å². The van der Waals surface area contributed by atoms with Gasteiger partial charge >= 0.3 is 0 Å². The number of aryl methyl sites for hydroxylation is 4. The molecule has 1 amide bonds. The number of hydrogen-bond acceptors (Lipinski definition) is 3. The molecule has 7 heteroatoms. The third-order valence-corrected chi connectivity index (χ3v) is 5.96. The minimum Gasteiger partial charge on any atom is -0.311 e. The molecule has 0 aromatic heterocycles. The number of carbonyl (C=O) groups is 1. The van der Waals surface area contributed by atoms with Gasteiger partial charge in [-0.2, -0.15) is 0 Å². The molecule has 5 nitrogen and oxygen atoms in total. The summed E-state index contributed by atoms with van der Waals surface area (Å²) in [5.74, 6) is -0.651. The van der Waals surface area contributed by atoms with Crippen molar-refractivity contribution >= 4 is 21.6 Å². The molecule has 0 radical (unpaired) electrons. The van der Waals surface area contributed by atoms with Crippen molar-refractivity contribution in [1.29, 1.82) is 0 Å². The van der Waals surface area contributed by atoms with E-state index in [-0.39, 0.29) is 23.9 Å². The second-order valence-electron chi connectivity index (χ2n) is 6.73. The van der Waals surface area contributed by atoms with Crippen LogP contribution in [0.1, 0.15) is 29.2 Å². The highest BCUT2D eigenvalue weighted by Gasteiger charge is 2.20. The molecule has 2 aromatic carbocycles. The first-order valence-corrected chi connectivity index (χ1v) is 10.1. The van der Waals surface area contributed by atoms with E-state index in [9.17, 15) is 17.6 Å². The lowest BCUT2D eigenvalue weighted by Gasteiger charge is -2.25. The Labute approximate surface area is 160 Å². The molecule has 146 valence electrons. The second kappa shape index (κ2) is 8.19. The van der Waals surface area contributed by atoms with E-state index in [1.807, 2.05) is 32.9 Å². The molecule has 0 unspecified atom stereocenters. The van der Waals surface area contributed by atoms with Crippen LogP contribution in [-0.2, 0) is 14.8 Å². The number of hydrogen-bond donors (Lipinski definition) is 1. The third kappa shape index (κ3) is 4.93. The maximum absolute atomic E-state index is 13.2. The largest absolute Gasteiger partial charge is 0.311 e. The van der Waals surface area contributed by atoms with Crippen LogP contribution in [0.5, 0.6) is 0 Å². The maximum atomic E-state index is 13.2. The average molecular weight is 392 g/mol. The number of nitrogens with zero attached hydrogens (tertiary/aromatic N) is 1. The zero-order chi connectivity index (χ0) is 20.4. The van der Waals surface area contributed by atoms with E-state index < -0.39 is 15.8 Å². The summed E-state index contributed by atoms with van der Waals surface area (Å²) in [4.78, 5) is 13.8. The maximum Gasteiger partial charge on any atom is 0.240 e. The van der Waals surface area contributed by atoms with Gasteiger partial charge in [0.05, 0.1) is 4.90 Å². The summed E-state index contributed by atoms with van der Waals surface area (Å²) in [6.07, 6.45) is 0. The first kappa shape index (κ1) is 21.1. The van der Waals surface area contributed by atoms with Gasteiger partial charge in [0.15, 0.2) is 0 Å². The SMILES string of the molecule is CC(=O)N(CCNS(=O)(=O)c1ccc(F)cc1C)c1c(C)cc(C)cc1C. The van der Waals surface area contributed by atoms with Crippen LogP contribution in [0.15, 0.2) is 35.2 Å². The molecule has 27 heavy (non-hydrogen) atoms. The quantitative estimate of drug-likeness (QED) is 0.819. The van der Waals surface area contributed by atoms with E-state index in [4.69, 9.17) is 0 Å². The number of benzene rings is 2. The van der Waals surface area contributed by atoms with Crippen molar-refractivity contribution in [3.8, 4) is 0 Å². The number of amides is 1. The first-order chi connectivity index (χ1) is 12.5. The van der Waals surface area contributed by atoms with Crippen molar-refractivity contribution in [3.63, 3.8) is 0 Å². The normalized spacial score (nSPS) is 11.5. The molecule has 0 aliphatic rings. The first-order valence-electron chi connectivity index (χ1n) is 8.64. The Bertz CT molecular complexity index is 948. The molecule has 2 aromatic rings. The van der Waals surface area contributed by atoms with E-state index >= 15 is 0 Å². The summed E-state index contributed by atoms with van der Waals surface area (Å²) in [6, 6.07) is 7.51. The molecular weight excluding hydrogens is 367 g/mol. The Balaban J connectivity index is 2.19. The predicted octanol–water partition coefficient (Wildman–Crippen LogP) is 3.39. The van der Waals surface area contributed by atoms with E-state index in [2.05, 4.69) is 4.72 Å². The Hall–Kier alpha value is -2.25. The summed E-state index contributed by atoms with van der Waals surface area (Å²) in [6.45, 7) is 9.08. The topological polar surface area (TPSA) is 66.5 Å². The fraction of sp³-hybridized carbons (Fsp3) is 0.350. The lowest BCUT2D eigenvalue weighted by atomic mass is 10.0. The van der Waals surface area contributed by atoms with Crippen LogP contribution in [0.25, 0.3) is 0 Å². The molecule has 0 spiro atoms. The van der Waals surface area contributed by atoms with Crippen molar-refractivity contribution in [2.45, 2.75) is 39.5 Å². The predicted molar refractivity (Wildman–Crippen MR) is 105 cm³/mol. The summed E-state index contributed by atoms with van der Waals surface area (Å²) in [5, 5.41) is 0. The number of nitrogens with one attached hydrogen (secondary N) is 1. The van der Waals surface area contributed by atoms with Gasteiger partial charge in [-0.15, -0.1) is 0 Å². The molecule has 0 aliphatic carbocycles. The van der Waals surface area contributed by atoms with Crippen LogP contribution < -0.4 is 9.62 Å². The zero-order valence-electron chi connectivity index (χ0n) is 16.3. The van der Waals surface area contributed by atoms with Crippen molar-refractivity contribution in [1.82, 2.24) is 4.72 Å². The van der Waals surface area contributed by atoms with Gasteiger partial charge in [-0.05, 0) is 62.6 Å². The minimum atomic E-state index is -3.79. The Morgan fingerprint density at radius 1 is 1.04 bits per heavy atom. The van der Waals surface area contributed by atoms with Crippen LogP contribution in [0, 0.1) is 33.5 Å². The van der Waals surface area contributed by atoms with E-state index in [1.54, 1.807) is 11.8 Å². The smallest absolute Gasteiger partial charge is 0.240 e. The third-order valence-electron chi connectivity index (χ3n) is 4.34. The molecule has 0 bridgehead atoms. The molecule has 0 saturated heterocycles. The van der Waals surface area contributed by atoms with Gasteiger partial charge in [-0.25, -0.2) is 17.5 Å². The van der Waals surface area contributed by atoms with E-state index in [1.165, 1.54) is 19.1 Å². The minimum absolute atomic E-state index is 0.0287. The lowest BCUT2D eigenvalue weighted by Crippen LogP contribution is -2.38. The highest BCUT2D eigenvalue weighted by atomic mass is 32.2. The van der Waals surface area contributed by atoms with Gasteiger partial charge in [0, 0.05) is 25.7 Å². The Morgan fingerprint density at radius 3 is 2.15 bits per heavy atom. The number of carbonyl (C=O) groups excluding carboxylic acids is 1. The van der Waals surface area contributed by atoms with Gasteiger partial charge in [0.1, 0.15) is 5.82 Å². The van der Waals surface area contributed by atoms with Crippen molar-refractivity contribution in [2.24, 2.45) is 0 Å². The second-order valence-corrected chi connectivity index (χ2v) is 8.46. The average Bonchev–Trinajstić information content (AvgIpc) is 2.51. The standard InChI is InChI=1S/C20H25FN2O3S/c1-13-10-15(3)20(16(4)11-13)23(17(5)24)9-8-22-27(25,26)19-7-6-18(21)12-14(19)2/h6-7,10-12,22H,8-9H2,1-5H3. The molecular formula is C20H25FN2O3S. The van der Waals surface area contributed by atoms with Crippen LogP contribution >= 0.6 is 0 Å². The highest BCUT2D eigenvalue weighted by molar-refractivity contribution is 7.89. The van der Waals surface area contributed by atoms with Crippen LogP contribution in [0.3, 0.4) is 0 Å². The molecule has 0 aliphatic heterocycles. The Kier molecular flexibility index (Phi) is 6.38. The van der Waals surface area contributed by atoms with Gasteiger partial charge < -0.3 is 4.90 Å². The molecule has 1 N–H and O–H groups in total. The lowest BCUT2D eigenvalue weighted by molar-refractivity contribution is -0.116. The molecule has 0 heterocycles. The fourth-order valence-electron chi connectivity index (χ4n) is 3.31. The molecule has 0 saturated carbocycles. The number of sulfonamides is 1. The number of halogens is 1. The summed E-state index contributed by atoms with van der Waals surface area (Å²) in [7, 11) is -3.79. The van der Waals surface area contributed by atoms with Crippen molar-refractivity contribution in [2.75, 3.05) is 18.0 Å². The van der Waals surface area contributed by atoms with Gasteiger partial charge in [-0.3, -0.25) is 4.79 Å². The molecule has 0 atom stereocenters. The van der Waals surface area contributed by atoms with Crippen LogP contribution in [-0.4, -0.2) is 27.4 Å². The van der Waals surface area contributed by atoms with Crippen LogP contribution in [0.4, 0.5) is 10.1 Å². The van der Waals surface area contributed by atoms with E-state index in [0.29, 0.717) is 5.56 Å². The highest BCUT2D eigenvalue weighted by Crippen LogP contribution is 2.26.